The molecule has 0 aromatic heterocycles. The van der Waals surface area contributed by atoms with Gasteiger partial charge in [-0.05, 0) is 18.2 Å². The SMILES string of the molecule is O=C(O)c1cc(C#CCCCl)ccc1F. The molecule has 0 saturated carbocycles. The van der Waals surface area contributed by atoms with Gasteiger partial charge in [-0.1, -0.05) is 11.8 Å². The monoisotopic (exact) mass is 226 g/mol. The summed E-state index contributed by atoms with van der Waals surface area (Å²) in [5, 5.41) is 8.65. The van der Waals surface area contributed by atoms with Gasteiger partial charge in [-0.3, -0.25) is 0 Å². The molecule has 0 aliphatic rings. The number of aromatic carboxylic acids is 1. The number of carbonyl (C=O) groups is 1. The van der Waals surface area contributed by atoms with Gasteiger partial charge in [-0.15, -0.1) is 11.6 Å². The van der Waals surface area contributed by atoms with Crippen molar-refractivity contribution in [1.29, 1.82) is 0 Å². The molecule has 2 nitrogen and oxygen atoms in total. The number of carboxylic acid groups (broad SMARTS) is 1. The van der Waals surface area contributed by atoms with Crippen molar-refractivity contribution < 1.29 is 14.3 Å². The Morgan fingerprint density at radius 2 is 2.27 bits per heavy atom. The minimum atomic E-state index is -1.30. The third-order valence-electron chi connectivity index (χ3n) is 1.65. The lowest BCUT2D eigenvalue weighted by Crippen LogP contribution is -2.00. The Morgan fingerprint density at radius 1 is 1.53 bits per heavy atom. The number of hydrogen-bond acceptors (Lipinski definition) is 1. The van der Waals surface area contributed by atoms with Crippen LogP contribution in [0.15, 0.2) is 18.2 Å². The third-order valence-corrected chi connectivity index (χ3v) is 1.84. The van der Waals surface area contributed by atoms with Crippen molar-refractivity contribution in [3.63, 3.8) is 0 Å². The van der Waals surface area contributed by atoms with Crippen molar-refractivity contribution >= 4 is 17.6 Å². The fraction of sp³-hybridized carbons (Fsp3) is 0.182. The van der Waals surface area contributed by atoms with Crippen LogP contribution in [0, 0.1) is 17.7 Å². The second-order valence-corrected chi connectivity index (χ2v) is 3.12. The highest BCUT2D eigenvalue weighted by atomic mass is 35.5. The zero-order valence-corrected chi connectivity index (χ0v) is 8.51. The highest BCUT2D eigenvalue weighted by Crippen LogP contribution is 2.09. The molecule has 15 heavy (non-hydrogen) atoms. The summed E-state index contributed by atoms with van der Waals surface area (Å²) in [6.07, 6.45) is 0.515. The summed E-state index contributed by atoms with van der Waals surface area (Å²) in [6.45, 7) is 0. The van der Waals surface area contributed by atoms with Crippen molar-refractivity contribution in [3.05, 3.63) is 35.1 Å². The molecule has 1 rings (SSSR count). The Bertz CT molecular complexity index is 432. The first-order valence-electron chi connectivity index (χ1n) is 4.23. The van der Waals surface area contributed by atoms with Gasteiger partial charge in [0.25, 0.3) is 0 Å². The van der Waals surface area contributed by atoms with Crippen LogP contribution in [-0.2, 0) is 0 Å². The molecule has 0 saturated heterocycles. The molecule has 1 N–H and O–H groups in total. The van der Waals surface area contributed by atoms with Crippen LogP contribution in [0.3, 0.4) is 0 Å². The topological polar surface area (TPSA) is 37.3 Å². The van der Waals surface area contributed by atoms with Gasteiger partial charge in [-0.2, -0.15) is 0 Å². The minimum absolute atomic E-state index is 0.368. The number of rotatable bonds is 2. The van der Waals surface area contributed by atoms with E-state index in [-0.39, 0.29) is 5.56 Å². The zero-order valence-electron chi connectivity index (χ0n) is 7.76. The van der Waals surface area contributed by atoms with Gasteiger partial charge in [-0.25, -0.2) is 9.18 Å². The molecule has 0 fully saturated rings. The Labute approximate surface area is 91.7 Å². The quantitative estimate of drug-likeness (QED) is 0.622. The molecule has 1 aromatic rings. The predicted molar refractivity (Wildman–Crippen MR) is 55.6 cm³/mol. The molecule has 0 spiro atoms. The average molecular weight is 227 g/mol. The highest BCUT2D eigenvalue weighted by molar-refractivity contribution is 6.18. The number of halogens is 2. The first-order chi connectivity index (χ1) is 7.15. The largest absolute Gasteiger partial charge is 0.478 e. The van der Waals surface area contributed by atoms with Crippen LogP contribution in [-0.4, -0.2) is 17.0 Å². The molecule has 0 aliphatic heterocycles. The molecule has 78 valence electrons. The number of benzene rings is 1. The maximum absolute atomic E-state index is 13.0. The van der Waals surface area contributed by atoms with Gasteiger partial charge in [0.1, 0.15) is 5.82 Å². The van der Waals surface area contributed by atoms with E-state index >= 15 is 0 Å². The molecule has 0 atom stereocenters. The van der Waals surface area contributed by atoms with E-state index in [1.54, 1.807) is 0 Å². The molecule has 0 unspecified atom stereocenters. The van der Waals surface area contributed by atoms with Crippen LogP contribution in [0.1, 0.15) is 22.3 Å². The molecule has 1 aromatic carbocycles. The highest BCUT2D eigenvalue weighted by Gasteiger charge is 2.09. The van der Waals surface area contributed by atoms with Gasteiger partial charge in [0.15, 0.2) is 0 Å². The summed E-state index contributed by atoms with van der Waals surface area (Å²) in [7, 11) is 0. The van der Waals surface area contributed by atoms with E-state index in [9.17, 15) is 9.18 Å². The van der Waals surface area contributed by atoms with Crippen molar-refractivity contribution in [1.82, 2.24) is 0 Å². The summed E-state index contributed by atoms with van der Waals surface area (Å²) in [6, 6.07) is 3.73. The maximum Gasteiger partial charge on any atom is 0.338 e. The van der Waals surface area contributed by atoms with Crippen LogP contribution in [0.5, 0.6) is 0 Å². The van der Waals surface area contributed by atoms with Gasteiger partial charge >= 0.3 is 5.97 Å². The Balaban J connectivity index is 2.99. The second kappa shape index (κ2) is 5.38. The Hall–Kier alpha value is -1.53. The van der Waals surface area contributed by atoms with Gasteiger partial charge in [0, 0.05) is 17.9 Å². The molecule has 0 radical (unpaired) electrons. The normalized spacial score (nSPS) is 9.20. The molecular weight excluding hydrogens is 219 g/mol. The number of hydrogen-bond donors (Lipinski definition) is 1. The standard InChI is InChI=1S/C11H8ClFO2/c12-6-2-1-3-8-4-5-10(13)9(7-8)11(14)15/h4-5,7H,2,6H2,(H,14,15). The van der Waals surface area contributed by atoms with Gasteiger partial charge in [0.05, 0.1) is 5.56 Å². The molecule has 0 aliphatic carbocycles. The lowest BCUT2D eigenvalue weighted by molar-refractivity contribution is 0.0692. The van der Waals surface area contributed by atoms with Crippen LogP contribution in [0.2, 0.25) is 0 Å². The Kier molecular flexibility index (Phi) is 4.14. The Morgan fingerprint density at radius 3 is 2.87 bits per heavy atom. The fourth-order valence-electron chi connectivity index (χ4n) is 0.979. The second-order valence-electron chi connectivity index (χ2n) is 2.74. The lowest BCUT2D eigenvalue weighted by atomic mass is 10.1. The molecule has 0 heterocycles. The predicted octanol–water partition coefficient (Wildman–Crippen LogP) is 2.50. The van der Waals surface area contributed by atoms with E-state index in [4.69, 9.17) is 16.7 Å². The fourth-order valence-corrected chi connectivity index (χ4v) is 1.07. The maximum atomic E-state index is 13.0. The van der Waals surface area contributed by atoms with Gasteiger partial charge in [0.2, 0.25) is 0 Å². The van der Waals surface area contributed by atoms with Crippen LogP contribution >= 0.6 is 11.6 Å². The summed E-state index contributed by atoms with van der Waals surface area (Å²) in [4.78, 5) is 10.6. The van der Waals surface area contributed by atoms with Crippen LogP contribution < -0.4 is 0 Å². The minimum Gasteiger partial charge on any atom is -0.478 e. The van der Waals surface area contributed by atoms with Crippen molar-refractivity contribution in [3.8, 4) is 11.8 Å². The van der Waals surface area contributed by atoms with E-state index in [2.05, 4.69) is 11.8 Å². The summed E-state index contributed by atoms with van der Waals surface area (Å²) in [5.74, 6) is 3.80. The van der Waals surface area contributed by atoms with Crippen molar-refractivity contribution in [2.75, 3.05) is 5.88 Å². The third kappa shape index (κ3) is 3.26. The average Bonchev–Trinajstić information content (AvgIpc) is 2.20. The molecule has 0 bridgehead atoms. The summed E-state index contributed by atoms with van der Waals surface area (Å²) >= 11 is 5.42. The van der Waals surface area contributed by atoms with Crippen molar-refractivity contribution in [2.45, 2.75) is 6.42 Å². The van der Waals surface area contributed by atoms with E-state index in [0.29, 0.717) is 17.9 Å². The lowest BCUT2D eigenvalue weighted by Gasteiger charge is -1.97. The van der Waals surface area contributed by atoms with Crippen LogP contribution in [0.4, 0.5) is 4.39 Å². The van der Waals surface area contributed by atoms with E-state index < -0.39 is 11.8 Å². The van der Waals surface area contributed by atoms with Crippen LogP contribution in [0.25, 0.3) is 0 Å². The first kappa shape index (κ1) is 11.5. The smallest absolute Gasteiger partial charge is 0.338 e. The van der Waals surface area contributed by atoms with E-state index in [1.807, 2.05) is 0 Å². The molecular formula is C11H8ClFO2. The number of alkyl halides is 1. The molecule has 0 amide bonds. The first-order valence-corrected chi connectivity index (χ1v) is 4.76. The van der Waals surface area contributed by atoms with Gasteiger partial charge < -0.3 is 5.11 Å². The van der Waals surface area contributed by atoms with Crippen molar-refractivity contribution in [2.24, 2.45) is 0 Å². The summed E-state index contributed by atoms with van der Waals surface area (Å²) < 4.78 is 13.0. The van der Waals surface area contributed by atoms with E-state index in [1.165, 1.54) is 12.1 Å². The zero-order chi connectivity index (χ0) is 11.3. The number of carboxylic acids is 1. The summed E-state index contributed by atoms with van der Waals surface area (Å²) in [5.41, 5.74) is 0.103. The van der Waals surface area contributed by atoms with E-state index in [0.717, 1.165) is 6.07 Å². The molecule has 4 heteroatoms.